The molecule has 1 aliphatic carbocycles. The summed E-state index contributed by atoms with van der Waals surface area (Å²) in [5.74, 6) is 0.471. The SMILES string of the molecule is Cc1[nH]c2c(C3=CCCCC3)c(-c3ccccc3)nn2c(=O)c1-c1ccc(OCOP(=O)(OC(C)(C)C)OC(C)(C)C)cc1. The maximum absolute atomic E-state index is 14.0. The van der Waals surface area contributed by atoms with E-state index in [0.717, 1.165) is 41.8 Å². The molecule has 10 heteroatoms. The summed E-state index contributed by atoms with van der Waals surface area (Å²) in [4.78, 5) is 17.5. The molecule has 2 aromatic heterocycles. The summed E-state index contributed by atoms with van der Waals surface area (Å²) in [7, 11) is -3.91. The predicted molar refractivity (Wildman–Crippen MR) is 174 cm³/mol. The molecule has 234 valence electrons. The third-order valence-corrected chi connectivity index (χ3v) is 8.95. The minimum Gasteiger partial charge on any atom is -0.467 e. The van der Waals surface area contributed by atoms with Gasteiger partial charge in [-0.2, -0.15) is 9.61 Å². The number of hydrogen-bond acceptors (Lipinski definition) is 7. The molecule has 0 bridgehead atoms. The van der Waals surface area contributed by atoms with Gasteiger partial charge in [0, 0.05) is 16.8 Å². The Morgan fingerprint density at radius 1 is 0.886 bits per heavy atom. The molecular formula is C34H42N3O6P. The van der Waals surface area contributed by atoms with E-state index < -0.39 is 19.0 Å². The number of nitrogens with zero attached hydrogens (tertiary/aromatic N) is 2. The average molecular weight is 620 g/mol. The Labute approximate surface area is 258 Å². The quantitative estimate of drug-likeness (QED) is 0.148. The first kappa shape index (κ1) is 31.9. The molecule has 0 fully saturated rings. The zero-order valence-electron chi connectivity index (χ0n) is 26.6. The molecule has 4 aromatic rings. The van der Waals surface area contributed by atoms with Gasteiger partial charge < -0.3 is 9.72 Å². The molecule has 0 unspecified atom stereocenters. The van der Waals surface area contributed by atoms with E-state index in [2.05, 4.69) is 11.1 Å². The van der Waals surface area contributed by atoms with E-state index in [1.54, 1.807) is 53.7 Å². The van der Waals surface area contributed by atoms with Crippen molar-refractivity contribution < 1.29 is 22.9 Å². The van der Waals surface area contributed by atoms with Crippen molar-refractivity contribution in [3.05, 3.63) is 82.3 Å². The molecule has 1 N–H and O–H groups in total. The van der Waals surface area contributed by atoms with Crippen LogP contribution in [0.3, 0.4) is 0 Å². The van der Waals surface area contributed by atoms with Crippen molar-refractivity contribution in [3.8, 4) is 28.1 Å². The van der Waals surface area contributed by atoms with Crippen molar-refractivity contribution in [2.45, 2.75) is 85.4 Å². The first-order chi connectivity index (χ1) is 20.7. The van der Waals surface area contributed by atoms with E-state index >= 15 is 0 Å². The van der Waals surface area contributed by atoms with Gasteiger partial charge in [0.1, 0.15) is 17.1 Å². The lowest BCUT2D eigenvalue weighted by molar-refractivity contribution is -0.0189. The van der Waals surface area contributed by atoms with Crippen LogP contribution >= 0.6 is 7.82 Å². The fourth-order valence-electron chi connectivity index (χ4n) is 5.31. The zero-order chi connectivity index (χ0) is 31.7. The lowest BCUT2D eigenvalue weighted by Gasteiger charge is -2.30. The molecule has 44 heavy (non-hydrogen) atoms. The zero-order valence-corrected chi connectivity index (χ0v) is 27.5. The highest BCUT2D eigenvalue weighted by atomic mass is 31.2. The maximum atomic E-state index is 14.0. The van der Waals surface area contributed by atoms with Gasteiger partial charge in [-0.15, -0.1) is 0 Å². The van der Waals surface area contributed by atoms with E-state index in [4.69, 9.17) is 23.4 Å². The van der Waals surface area contributed by atoms with E-state index in [0.29, 0.717) is 22.5 Å². The van der Waals surface area contributed by atoms with E-state index in [1.807, 2.05) is 49.4 Å². The Morgan fingerprint density at radius 3 is 2.14 bits per heavy atom. The number of allylic oxidation sites excluding steroid dienone is 2. The van der Waals surface area contributed by atoms with E-state index in [-0.39, 0.29) is 12.4 Å². The minimum absolute atomic E-state index is 0.201. The van der Waals surface area contributed by atoms with Crippen LogP contribution in [-0.4, -0.2) is 32.6 Å². The van der Waals surface area contributed by atoms with Gasteiger partial charge in [-0.1, -0.05) is 48.5 Å². The maximum Gasteiger partial charge on any atom is 0.478 e. The molecule has 0 spiro atoms. The number of ether oxygens (including phenoxy) is 1. The van der Waals surface area contributed by atoms with Crippen LogP contribution in [0, 0.1) is 6.92 Å². The van der Waals surface area contributed by atoms with Crippen LogP contribution in [0.1, 0.15) is 78.5 Å². The van der Waals surface area contributed by atoms with E-state index in [9.17, 15) is 9.36 Å². The summed E-state index contributed by atoms with van der Waals surface area (Å²) >= 11 is 0. The Morgan fingerprint density at radius 2 is 1.55 bits per heavy atom. The number of phosphoric ester groups is 1. The summed E-state index contributed by atoms with van der Waals surface area (Å²) in [5, 5.41) is 4.86. The summed E-state index contributed by atoms with van der Waals surface area (Å²) in [6.45, 7) is 12.2. The Bertz CT molecular complexity index is 1740. The molecule has 2 heterocycles. The summed E-state index contributed by atoms with van der Waals surface area (Å²) in [6.07, 6.45) is 6.54. The highest BCUT2D eigenvalue weighted by molar-refractivity contribution is 7.48. The minimum atomic E-state index is -3.91. The van der Waals surface area contributed by atoms with Gasteiger partial charge in [0.2, 0.25) is 0 Å². The van der Waals surface area contributed by atoms with Crippen molar-refractivity contribution in [2.75, 3.05) is 6.79 Å². The first-order valence-corrected chi connectivity index (χ1v) is 16.5. The fourth-order valence-corrected chi connectivity index (χ4v) is 6.98. The number of aryl methyl sites for hydroxylation is 1. The average Bonchev–Trinajstić information content (AvgIpc) is 3.32. The number of fused-ring (bicyclic) bond motifs is 1. The predicted octanol–water partition coefficient (Wildman–Crippen LogP) is 8.71. The molecule has 0 saturated carbocycles. The molecular weight excluding hydrogens is 577 g/mol. The number of rotatable bonds is 9. The second-order valence-corrected chi connectivity index (χ2v) is 14.5. The summed E-state index contributed by atoms with van der Waals surface area (Å²) in [6, 6.07) is 17.1. The molecule has 2 aromatic carbocycles. The lowest BCUT2D eigenvalue weighted by atomic mass is 9.92. The molecule has 0 aliphatic heterocycles. The van der Waals surface area contributed by atoms with Crippen LogP contribution in [0.25, 0.3) is 33.6 Å². The highest BCUT2D eigenvalue weighted by Crippen LogP contribution is 2.55. The number of phosphoric acid groups is 1. The Hall–Kier alpha value is -3.49. The molecule has 9 nitrogen and oxygen atoms in total. The number of nitrogens with one attached hydrogen (secondary N) is 1. The summed E-state index contributed by atoms with van der Waals surface area (Å²) < 4.78 is 37.3. The molecule has 1 aliphatic rings. The van der Waals surface area contributed by atoms with Gasteiger partial charge in [0.05, 0.1) is 16.8 Å². The normalized spacial score (nSPS) is 14.6. The topological polar surface area (TPSA) is 104 Å². The monoisotopic (exact) mass is 619 g/mol. The lowest BCUT2D eigenvalue weighted by Crippen LogP contribution is -2.25. The number of hydrogen-bond donors (Lipinski definition) is 1. The fraction of sp³-hybridized carbons (Fsp3) is 0.412. The number of H-pyrrole nitrogens is 1. The third kappa shape index (κ3) is 7.41. The Balaban J connectivity index is 1.43. The third-order valence-electron chi connectivity index (χ3n) is 6.98. The van der Waals surface area contributed by atoms with Crippen LogP contribution in [0.2, 0.25) is 0 Å². The molecule has 0 radical (unpaired) electrons. The van der Waals surface area contributed by atoms with Gasteiger partial charge in [-0.3, -0.25) is 13.8 Å². The second kappa shape index (κ2) is 12.5. The summed E-state index contributed by atoms with van der Waals surface area (Å²) in [5.41, 5.74) is 4.98. The largest absolute Gasteiger partial charge is 0.478 e. The van der Waals surface area contributed by atoms with E-state index in [1.165, 1.54) is 16.5 Å². The number of aromatic nitrogens is 3. The van der Waals surface area contributed by atoms with Crippen LogP contribution in [0.5, 0.6) is 5.75 Å². The van der Waals surface area contributed by atoms with Gasteiger partial charge in [0.15, 0.2) is 6.79 Å². The van der Waals surface area contributed by atoms with Crippen molar-refractivity contribution in [1.82, 2.24) is 14.6 Å². The van der Waals surface area contributed by atoms with Crippen molar-refractivity contribution in [2.24, 2.45) is 0 Å². The van der Waals surface area contributed by atoms with Crippen LogP contribution < -0.4 is 10.3 Å². The van der Waals surface area contributed by atoms with Crippen LogP contribution in [-0.2, 0) is 18.1 Å². The van der Waals surface area contributed by atoms with Crippen LogP contribution in [0.15, 0.2) is 65.5 Å². The standard InChI is InChI=1S/C34H42N3O6P/c1-23-28(25-18-20-27(21-19-25)40-22-41-44(39,42-33(2,3)4)43-34(5,6)7)32(38)37-31(35-23)29(24-14-10-8-11-15-24)30(36-37)26-16-12-9-13-17-26/h9,12-14,16-21,35H,8,10-11,15,22H2,1-7H3. The second-order valence-electron chi connectivity index (χ2n) is 13.0. The molecule has 0 atom stereocenters. The molecule has 0 amide bonds. The van der Waals surface area contributed by atoms with Gasteiger partial charge >= 0.3 is 7.82 Å². The van der Waals surface area contributed by atoms with Gasteiger partial charge in [-0.25, -0.2) is 9.09 Å². The van der Waals surface area contributed by atoms with Crippen molar-refractivity contribution >= 4 is 19.0 Å². The first-order valence-electron chi connectivity index (χ1n) is 15.0. The van der Waals surface area contributed by atoms with Gasteiger partial charge in [0.25, 0.3) is 5.56 Å². The van der Waals surface area contributed by atoms with Gasteiger partial charge in [-0.05, 0) is 97.4 Å². The smallest absolute Gasteiger partial charge is 0.467 e. The van der Waals surface area contributed by atoms with Crippen molar-refractivity contribution in [1.29, 1.82) is 0 Å². The number of benzene rings is 2. The van der Waals surface area contributed by atoms with Crippen LogP contribution in [0.4, 0.5) is 0 Å². The van der Waals surface area contributed by atoms with Crippen molar-refractivity contribution in [3.63, 3.8) is 0 Å². The Kier molecular flexibility index (Phi) is 9.06. The number of aromatic amines is 1. The highest BCUT2D eigenvalue weighted by Gasteiger charge is 2.37. The molecule has 0 saturated heterocycles. The molecule has 5 rings (SSSR count).